The van der Waals surface area contributed by atoms with Gasteiger partial charge in [0.2, 0.25) is 5.91 Å². The molecule has 1 atom stereocenters. The molecule has 0 fully saturated rings. The van der Waals surface area contributed by atoms with E-state index in [0.29, 0.717) is 38.1 Å². The van der Waals surface area contributed by atoms with Gasteiger partial charge in [-0.1, -0.05) is 59.8 Å². The van der Waals surface area contributed by atoms with Gasteiger partial charge in [0, 0.05) is 22.0 Å². The summed E-state index contributed by atoms with van der Waals surface area (Å²) in [4.78, 5) is 24.8. The molecule has 2 aromatic carbocycles. The average molecular weight is 438 g/mol. The lowest BCUT2D eigenvalue weighted by molar-refractivity contribution is -0.114. The Hall–Kier alpha value is -3.01. The number of dihydropyridines is 1. The lowest BCUT2D eigenvalue weighted by Crippen LogP contribution is -2.28. The summed E-state index contributed by atoms with van der Waals surface area (Å²) < 4.78 is 0. The summed E-state index contributed by atoms with van der Waals surface area (Å²) >= 11 is 7.63. The lowest BCUT2D eigenvalue weighted by atomic mass is 9.81. The van der Waals surface area contributed by atoms with Crippen molar-refractivity contribution >= 4 is 40.7 Å². The minimum Gasteiger partial charge on any atom is -0.353 e. The number of anilines is 1. The predicted molar refractivity (Wildman–Crippen MR) is 121 cm³/mol. The summed E-state index contributed by atoms with van der Waals surface area (Å²) in [5, 5.41) is 16.9. The maximum absolute atomic E-state index is 12.4. The van der Waals surface area contributed by atoms with E-state index in [-0.39, 0.29) is 17.4 Å². The van der Waals surface area contributed by atoms with E-state index in [1.165, 1.54) is 18.7 Å². The van der Waals surface area contributed by atoms with Crippen molar-refractivity contribution in [2.45, 2.75) is 19.8 Å². The van der Waals surface area contributed by atoms with Crippen molar-refractivity contribution in [2.24, 2.45) is 0 Å². The average Bonchev–Trinajstić information content (AvgIpc) is 2.72. The third-order valence-electron chi connectivity index (χ3n) is 4.65. The van der Waals surface area contributed by atoms with E-state index in [1.807, 2.05) is 30.3 Å². The van der Waals surface area contributed by atoms with Crippen LogP contribution < -0.4 is 10.6 Å². The van der Waals surface area contributed by atoms with E-state index < -0.39 is 5.92 Å². The molecule has 0 aromatic heterocycles. The Morgan fingerprint density at radius 1 is 1.17 bits per heavy atom. The molecule has 0 radical (unpaired) electrons. The maximum atomic E-state index is 12.4. The summed E-state index contributed by atoms with van der Waals surface area (Å²) in [7, 11) is 0. The number of rotatable bonds is 6. The van der Waals surface area contributed by atoms with Crippen molar-refractivity contribution < 1.29 is 9.59 Å². The fraction of sp³-hybridized carbons (Fsp3) is 0.174. The predicted octanol–water partition coefficient (Wildman–Crippen LogP) is 5.00. The molecule has 5 nitrogen and oxygen atoms in total. The van der Waals surface area contributed by atoms with Crippen LogP contribution in [0, 0.1) is 11.3 Å². The van der Waals surface area contributed by atoms with Gasteiger partial charge in [-0.25, -0.2) is 0 Å². The minimum absolute atomic E-state index is 0.111. The molecule has 7 heteroatoms. The normalized spacial score (nSPS) is 16.0. The number of halogens is 1. The zero-order valence-electron chi connectivity index (χ0n) is 16.5. The van der Waals surface area contributed by atoms with Crippen LogP contribution in [0.15, 0.2) is 76.5 Å². The highest BCUT2D eigenvalue weighted by Crippen LogP contribution is 2.42. The van der Waals surface area contributed by atoms with Gasteiger partial charge in [-0.2, -0.15) is 5.26 Å². The van der Waals surface area contributed by atoms with Crippen molar-refractivity contribution in [1.82, 2.24) is 5.32 Å². The van der Waals surface area contributed by atoms with Gasteiger partial charge in [-0.15, -0.1) is 0 Å². The molecule has 3 rings (SSSR count). The number of Topliss-reactive ketones (excluding diaryl/α,β-unsaturated/α-hetero) is 1. The maximum Gasteiger partial charge on any atom is 0.234 e. The quantitative estimate of drug-likeness (QED) is 0.664. The van der Waals surface area contributed by atoms with Gasteiger partial charge in [0.1, 0.15) is 0 Å². The second kappa shape index (κ2) is 9.66. The number of nitrogens with one attached hydrogen (secondary N) is 2. The second-order valence-corrected chi connectivity index (χ2v) is 8.12. The Morgan fingerprint density at radius 2 is 1.83 bits per heavy atom. The Bertz CT molecular complexity index is 1090. The first-order valence-corrected chi connectivity index (χ1v) is 10.6. The third kappa shape index (κ3) is 4.76. The van der Waals surface area contributed by atoms with Crippen LogP contribution in [0.4, 0.5) is 5.69 Å². The fourth-order valence-electron chi connectivity index (χ4n) is 3.37. The summed E-state index contributed by atoms with van der Waals surface area (Å²) in [6.07, 6.45) is 0. The number of nitrogens with zero attached hydrogens (tertiary/aromatic N) is 1. The van der Waals surface area contributed by atoms with Gasteiger partial charge < -0.3 is 10.6 Å². The molecule has 1 aliphatic rings. The SMILES string of the molecule is CC(=O)C1=C(C)NC(SCC(=O)Nc2ccccc2)=C(C#N)[C@@H]1c1ccccc1Cl. The van der Waals surface area contributed by atoms with Crippen molar-refractivity contribution in [2.75, 3.05) is 11.1 Å². The first kappa shape index (κ1) is 21.7. The zero-order valence-corrected chi connectivity index (χ0v) is 18.1. The van der Waals surface area contributed by atoms with Gasteiger partial charge in [0.25, 0.3) is 0 Å². The molecule has 0 aliphatic carbocycles. The number of carbonyl (C=O) groups excluding carboxylic acids is 2. The first-order chi connectivity index (χ1) is 14.4. The Balaban J connectivity index is 1.90. The minimum atomic E-state index is -0.581. The smallest absolute Gasteiger partial charge is 0.234 e. The topological polar surface area (TPSA) is 82.0 Å². The fourth-order valence-corrected chi connectivity index (χ4v) is 4.51. The van der Waals surface area contributed by atoms with Gasteiger partial charge in [0.05, 0.1) is 28.3 Å². The number of allylic oxidation sites excluding steroid dienone is 3. The Kier molecular flexibility index (Phi) is 6.99. The van der Waals surface area contributed by atoms with E-state index in [1.54, 1.807) is 31.2 Å². The largest absolute Gasteiger partial charge is 0.353 e. The van der Waals surface area contributed by atoms with Crippen LogP contribution in [0.5, 0.6) is 0 Å². The van der Waals surface area contributed by atoms with Crippen LogP contribution in [-0.4, -0.2) is 17.4 Å². The van der Waals surface area contributed by atoms with Crippen LogP contribution >= 0.6 is 23.4 Å². The number of nitriles is 1. The Labute approximate surface area is 184 Å². The molecule has 0 unspecified atom stereocenters. The second-order valence-electron chi connectivity index (χ2n) is 6.73. The summed E-state index contributed by atoms with van der Waals surface area (Å²) in [5.74, 6) is -0.794. The highest BCUT2D eigenvalue weighted by Gasteiger charge is 2.34. The number of hydrogen-bond donors (Lipinski definition) is 2. The van der Waals surface area contributed by atoms with Crippen molar-refractivity contribution in [3.05, 3.63) is 87.1 Å². The summed E-state index contributed by atoms with van der Waals surface area (Å²) in [6, 6.07) is 18.6. The number of ketones is 1. The van der Waals surface area contributed by atoms with E-state index in [9.17, 15) is 14.9 Å². The molecule has 0 saturated carbocycles. The van der Waals surface area contributed by atoms with E-state index in [2.05, 4.69) is 16.7 Å². The van der Waals surface area contributed by atoms with Crippen molar-refractivity contribution in [1.29, 1.82) is 5.26 Å². The lowest BCUT2D eigenvalue weighted by Gasteiger charge is -2.29. The zero-order chi connectivity index (χ0) is 21.7. The number of para-hydroxylation sites is 1. The molecule has 0 saturated heterocycles. The first-order valence-electron chi connectivity index (χ1n) is 9.27. The van der Waals surface area contributed by atoms with Gasteiger partial charge in [-0.05, 0) is 37.6 Å². The van der Waals surface area contributed by atoms with Crippen molar-refractivity contribution in [3.63, 3.8) is 0 Å². The van der Waals surface area contributed by atoms with Gasteiger partial charge in [0.15, 0.2) is 5.78 Å². The monoisotopic (exact) mass is 437 g/mol. The molecular formula is C23H20ClN3O2S. The standard InChI is InChI=1S/C23H20ClN3O2S/c1-14-21(15(2)28)22(17-10-6-7-11-19(17)24)18(12-25)23(26-14)30-13-20(29)27-16-8-4-3-5-9-16/h3-11,22,26H,13H2,1-2H3,(H,27,29)/t22-/m0/s1. The number of thioether (sulfide) groups is 1. The summed E-state index contributed by atoms with van der Waals surface area (Å²) in [6.45, 7) is 3.27. The van der Waals surface area contributed by atoms with Crippen LogP contribution in [0.2, 0.25) is 5.02 Å². The summed E-state index contributed by atoms with van der Waals surface area (Å²) in [5.41, 5.74) is 2.92. The van der Waals surface area contributed by atoms with Crippen LogP contribution in [-0.2, 0) is 9.59 Å². The van der Waals surface area contributed by atoms with E-state index in [0.717, 1.165) is 0 Å². The molecule has 2 N–H and O–H groups in total. The Morgan fingerprint density at radius 3 is 2.47 bits per heavy atom. The number of carbonyl (C=O) groups is 2. The molecule has 1 amide bonds. The molecule has 30 heavy (non-hydrogen) atoms. The number of benzene rings is 2. The molecular weight excluding hydrogens is 418 g/mol. The number of amides is 1. The van der Waals surface area contributed by atoms with E-state index >= 15 is 0 Å². The van der Waals surface area contributed by atoms with Crippen LogP contribution in [0.1, 0.15) is 25.3 Å². The highest BCUT2D eigenvalue weighted by molar-refractivity contribution is 8.03. The molecule has 152 valence electrons. The van der Waals surface area contributed by atoms with Gasteiger partial charge in [-0.3, -0.25) is 9.59 Å². The van der Waals surface area contributed by atoms with Gasteiger partial charge >= 0.3 is 0 Å². The molecule has 0 bridgehead atoms. The highest BCUT2D eigenvalue weighted by atomic mass is 35.5. The molecule has 2 aromatic rings. The third-order valence-corrected chi connectivity index (χ3v) is 6.01. The molecule has 1 heterocycles. The van der Waals surface area contributed by atoms with Crippen LogP contribution in [0.25, 0.3) is 0 Å². The van der Waals surface area contributed by atoms with Crippen LogP contribution in [0.3, 0.4) is 0 Å². The number of hydrogen-bond acceptors (Lipinski definition) is 5. The molecule has 0 spiro atoms. The molecule has 1 aliphatic heterocycles. The van der Waals surface area contributed by atoms with Crippen molar-refractivity contribution in [3.8, 4) is 6.07 Å². The van der Waals surface area contributed by atoms with E-state index in [4.69, 9.17) is 11.6 Å².